The van der Waals surface area contributed by atoms with Crippen molar-refractivity contribution in [2.45, 2.75) is 13.0 Å². The summed E-state index contributed by atoms with van der Waals surface area (Å²) in [7, 11) is 0. The molecule has 1 fully saturated rings. The predicted molar refractivity (Wildman–Crippen MR) is 136 cm³/mol. The van der Waals surface area contributed by atoms with Crippen molar-refractivity contribution in [3.05, 3.63) is 94.3 Å². The van der Waals surface area contributed by atoms with E-state index in [1.165, 1.54) is 4.88 Å². The highest BCUT2D eigenvalue weighted by atomic mass is 32.1. The number of morpholine rings is 1. The summed E-state index contributed by atoms with van der Waals surface area (Å²) in [5.74, 6) is -0.116. The topological polar surface area (TPSA) is 59.4 Å². The van der Waals surface area contributed by atoms with Crippen molar-refractivity contribution in [1.29, 1.82) is 0 Å². The number of carbonyl (C=O) groups excluding carboxylic acids is 1. The van der Waals surface area contributed by atoms with Crippen LogP contribution in [0.5, 0.6) is 0 Å². The minimum Gasteiger partial charge on any atom is -0.379 e. The Morgan fingerprint density at radius 1 is 1.06 bits per heavy atom. The van der Waals surface area contributed by atoms with Gasteiger partial charge in [0.2, 0.25) is 0 Å². The molecule has 0 bridgehead atoms. The van der Waals surface area contributed by atoms with Crippen molar-refractivity contribution in [3.8, 4) is 16.9 Å². The van der Waals surface area contributed by atoms with E-state index >= 15 is 0 Å². The van der Waals surface area contributed by atoms with Gasteiger partial charge in [0.15, 0.2) is 0 Å². The lowest BCUT2D eigenvalue weighted by Crippen LogP contribution is -2.43. The van der Waals surface area contributed by atoms with E-state index in [2.05, 4.69) is 27.7 Å². The Morgan fingerprint density at radius 3 is 2.56 bits per heavy atom. The molecule has 1 aliphatic rings. The number of carbonyl (C=O) groups is 1. The molecule has 6 nitrogen and oxygen atoms in total. The van der Waals surface area contributed by atoms with Gasteiger partial charge in [0.1, 0.15) is 5.69 Å². The van der Waals surface area contributed by atoms with Crippen molar-refractivity contribution < 1.29 is 9.53 Å². The molecule has 5 rings (SSSR count). The number of hydrogen-bond donors (Lipinski definition) is 1. The monoisotopic (exact) mass is 472 g/mol. The number of hydrogen-bond acceptors (Lipinski definition) is 5. The predicted octanol–water partition coefficient (Wildman–Crippen LogP) is 4.71. The van der Waals surface area contributed by atoms with Crippen LogP contribution in [0.3, 0.4) is 0 Å². The summed E-state index contributed by atoms with van der Waals surface area (Å²) in [5.41, 5.74) is 4.23. The van der Waals surface area contributed by atoms with E-state index in [1.54, 1.807) is 16.0 Å². The zero-order chi connectivity index (χ0) is 23.3. The van der Waals surface area contributed by atoms with E-state index in [-0.39, 0.29) is 11.9 Å². The highest BCUT2D eigenvalue weighted by Gasteiger charge is 2.26. The lowest BCUT2D eigenvalue weighted by molar-refractivity contribution is 0.0169. The maximum atomic E-state index is 13.5. The van der Waals surface area contributed by atoms with Crippen molar-refractivity contribution >= 4 is 17.2 Å². The van der Waals surface area contributed by atoms with Gasteiger partial charge in [-0.15, -0.1) is 11.3 Å². The van der Waals surface area contributed by atoms with Crippen molar-refractivity contribution in [2.24, 2.45) is 0 Å². The lowest BCUT2D eigenvalue weighted by Gasteiger charge is -2.34. The fraction of sp³-hybridized carbons (Fsp3) is 0.259. The van der Waals surface area contributed by atoms with Gasteiger partial charge in [-0.05, 0) is 36.1 Å². The first-order chi connectivity index (χ1) is 16.7. The number of ether oxygens (including phenoxy) is 1. The highest BCUT2D eigenvalue weighted by molar-refractivity contribution is 7.10. The summed E-state index contributed by atoms with van der Waals surface area (Å²) in [4.78, 5) is 17.2. The van der Waals surface area contributed by atoms with Crippen LogP contribution in [0.25, 0.3) is 16.9 Å². The summed E-state index contributed by atoms with van der Waals surface area (Å²) in [6.07, 6.45) is 1.83. The number of para-hydroxylation sites is 1. The van der Waals surface area contributed by atoms with Gasteiger partial charge in [-0.3, -0.25) is 9.69 Å². The largest absolute Gasteiger partial charge is 0.379 e. The quantitative estimate of drug-likeness (QED) is 0.423. The second-order valence-corrected chi connectivity index (χ2v) is 9.36. The Balaban J connectivity index is 1.44. The first-order valence-corrected chi connectivity index (χ1v) is 12.4. The molecule has 0 spiro atoms. The van der Waals surface area contributed by atoms with Crippen LogP contribution >= 0.6 is 11.3 Å². The molecule has 34 heavy (non-hydrogen) atoms. The smallest absolute Gasteiger partial charge is 0.255 e. The lowest BCUT2D eigenvalue weighted by atomic mass is 10.0. The van der Waals surface area contributed by atoms with E-state index < -0.39 is 0 Å². The molecule has 1 aliphatic heterocycles. The van der Waals surface area contributed by atoms with E-state index in [1.807, 2.05) is 67.7 Å². The van der Waals surface area contributed by atoms with E-state index in [0.29, 0.717) is 17.8 Å². The third-order valence-corrected chi connectivity index (χ3v) is 7.17. The molecule has 1 amide bonds. The van der Waals surface area contributed by atoms with Crippen molar-refractivity contribution in [2.75, 3.05) is 32.8 Å². The number of aryl methyl sites for hydroxylation is 1. The first-order valence-electron chi connectivity index (χ1n) is 11.5. The summed E-state index contributed by atoms with van der Waals surface area (Å²) in [6.45, 7) is 5.73. The molecule has 1 N–H and O–H groups in total. The van der Waals surface area contributed by atoms with Crippen LogP contribution in [0.4, 0.5) is 0 Å². The van der Waals surface area contributed by atoms with Crippen LogP contribution in [0, 0.1) is 6.92 Å². The maximum absolute atomic E-state index is 13.5. The fourth-order valence-electron chi connectivity index (χ4n) is 4.35. The second-order valence-electron chi connectivity index (χ2n) is 8.38. The molecule has 0 radical (unpaired) electrons. The van der Waals surface area contributed by atoms with Gasteiger partial charge in [-0.2, -0.15) is 5.10 Å². The molecule has 2 aromatic heterocycles. The van der Waals surface area contributed by atoms with Crippen LogP contribution in [0.1, 0.15) is 26.8 Å². The molecule has 174 valence electrons. The Kier molecular flexibility index (Phi) is 6.85. The van der Waals surface area contributed by atoms with E-state index in [0.717, 1.165) is 43.1 Å². The number of aromatic nitrogens is 2. The van der Waals surface area contributed by atoms with Crippen molar-refractivity contribution in [3.63, 3.8) is 0 Å². The summed E-state index contributed by atoms with van der Waals surface area (Å²) >= 11 is 1.73. The normalized spacial score (nSPS) is 15.2. The van der Waals surface area contributed by atoms with Gasteiger partial charge < -0.3 is 10.1 Å². The molecule has 2 aromatic carbocycles. The Labute approximate surface area is 203 Å². The molecule has 4 aromatic rings. The van der Waals surface area contributed by atoms with Gasteiger partial charge in [0.05, 0.1) is 30.5 Å². The molecular formula is C27H28N4O2S. The number of thiophene rings is 1. The standard InChI is InChI=1S/C27H28N4O2S/c1-20-8-5-6-11-22(20)26-23(19-31(29-26)21-9-3-2-4-10-21)27(32)28-18-24(25-12-7-17-34-25)30-13-15-33-16-14-30/h2-12,17,19,24H,13-16,18H2,1H3,(H,28,32). The average molecular weight is 473 g/mol. The minimum atomic E-state index is -0.116. The van der Waals surface area contributed by atoms with Gasteiger partial charge in [-0.1, -0.05) is 48.5 Å². The number of nitrogens with one attached hydrogen (secondary N) is 1. The second kappa shape index (κ2) is 10.3. The third-order valence-electron chi connectivity index (χ3n) is 6.19. The first kappa shape index (κ1) is 22.5. The van der Waals surface area contributed by atoms with Gasteiger partial charge in [0, 0.05) is 36.3 Å². The molecule has 1 unspecified atom stereocenters. The average Bonchev–Trinajstić information content (AvgIpc) is 3.57. The molecule has 0 saturated carbocycles. The van der Waals surface area contributed by atoms with E-state index in [9.17, 15) is 4.79 Å². The highest BCUT2D eigenvalue weighted by Crippen LogP contribution is 2.28. The Bertz CT molecular complexity index is 1230. The summed E-state index contributed by atoms with van der Waals surface area (Å²) < 4.78 is 7.33. The van der Waals surface area contributed by atoms with Crippen LogP contribution in [0.2, 0.25) is 0 Å². The number of benzene rings is 2. The van der Waals surface area contributed by atoms with Gasteiger partial charge >= 0.3 is 0 Å². The molecule has 0 aliphatic carbocycles. The minimum absolute atomic E-state index is 0.116. The van der Waals surface area contributed by atoms with Gasteiger partial charge in [-0.25, -0.2) is 4.68 Å². The van der Waals surface area contributed by atoms with Crippen LogP contribution < -0.4 is 5.32 Å². The van der Waals surface area contributed by atoms with E-state index in [4.69, 9.17) is 9.84 Å². The maximum Gasteiger partial charge on any atom is 0.255 e. The van der Waals surface area contributed by atoms with Crippen LogP contribution in [-0.4, -0.2) is 53.4 Å². The van der Waals surface area contributed by atoms with Crippen LogP contribution in [0.15, 0.2) is 78.3 Å². The zero-order valence-electron chi connectivity index (χ0n) is 19.2. The molecule has 1 saturated heterocycles. The molecule has 7 heteroatoms. The number of rotatable bonds is 7. The fourth-order valence-corrected chi connectivity index (χ4v) is 5.22. The third kappa shape index (κ3) is 4.82. The van der Waals surface area contributed by atoms with Crippen molar-refractivity contribution in [1.82, 2.24) is 20.0 Å². The van der Waals surface area contributed by atoms with Gasteiger partial charge in [0.25, 0.3) is 5.91 Å². The molecular weight excluding hydrogens is 444 g/mol. The zero-order valence-corrected chi connectivity index (χ0v) is 20.0. The Hall–Kier alpha value is -3.26. The summed E-state index contributed by atoms with van der Waals surface area (Å²) in [5, 5.41) is 10.1. The Morgan fingerprint density at radius 2 is 1.82 bits per heavy atom. The number of nitrogens with zero attached hydrogens (tertiary/aromatic N) is 3. The summed E-state index contributed by atoms with van der Waals surface area (Å²) in [6, 6.07) is 22.3. The van der Waals surface area contributed by atoms with Crippen LogP contribution in [-0.2, 0) is 4.74 Å². The molecule has 3 heterocycles. The molecule has 1 atom stereocenters. The SMILES string of the molecule is Cc1ccccc1-c1nn(-c2ccccc2)cc1C(=O)NCC(c1cccs1)N1CCOCC1. The number of amides is 1.